The lowest BCUT2D eigenvalue weighted by molar-refractivity contribution is -0.107. The SMILES string of the molecule is CCOC(OCC)C(=O)c1ccc(OC)c(Br)c1OC. The number of Topliss-reactive ketones (excluding diaryl/α,β-unsaturated/α-hetero) is 1. The highest BCUT2D eigenvalue weighted by Gasteiger charge is 2.26. The van der Waals surface area contributed by atoms with Gasteiger partial charge < -0.3 is 18.9 Å². The second-order valence-electron chi connectivity index (χ2n) is 3.77. The minimum Gasteiger partial charge on any atom is -0.495 e. The molecule has 20 heavy (non-hydrogen) atoms. The quantitative estimate of drug-likeness (QED) is 0.534. The molecular formula is C14H19BrO5. The van der Waals surface area contributed by atoms with Crippen LogP contribution < -0.4 is 9.47 Å². The van der Waals surface area contributed by atoms with Crippen LogP contribution >= 0.6 is 15.9 Å². The van der Waals surface area contributed by atoms with Crippen LogP contribution in [0.2, 0.25) is 0 Å². The zero-order valence-electron chi connectivity index (χ0n) is 12.1. The summed E-state index contributed by atoms with van der Waals surface area (Å²) in [6.07, 6.45) is -0.931. The number of rotatable bonds is 8. The first kappa shape index (κ1) is 16.9. The van der Waals surface area contributed by atoms with Crippen molar-refractivity contribution in [3.63, 3.8) is 0 Å². The smallest absolute Gasteiger partial charge is 0.222 e. The van der Waals surface area contributed by atoms with Crippen molar-refractivity contribution in [2.45, 2.75) is 20.1 Å². The van der Waals surface area contributed by atoms with Gasteiger partial charge in [0.2, 0.25) is 12.1 Å². The van der Waals surface area contributed by atoms with Crippen molar-refractivity contribution in [3.8, 4) is 11.5 Å². The van der Waals surface area contributed by atoms with Crippen LogP contribution in [0.3, 0.4) is 0 Å². The molecule has 0 heterocycles. The van der Waals surface area contributed by atoms with Crippen molar-refractivity contribution in [1.82, 2.24) is 0 Å². The number of halogens is 1. The fourth-order valence-electron chi connectivity index (χ4n) is 1.72. The van der Waals surface area contributed by atoms with Gasteiger partial charge in [0, 0.05) is 13.2 Å². The van der Waals surface area contributed by atoms with Gasteiger partial charge in [0.05, 0.1) is 19.8 Å². The number of carbonyl (C=O) groups excluding carboxylic acids is 1. The predicted molar refractivity (Wildman–Crippen MR) is 78.6 cm³/mol. The fourth-order valence-corrected chi connectivity index (χ4v) is 2.39. The van der Waals surface area contributed by atoms with Crippen LogP contribution in [0.1, 0.15) is 24.2 Å². The Morgan fingerprint density at radius 3 is 2.20 bits per heavy atom. The first-order chi connectivity index (χ1) is 9.60. The van der Waals surface area contributed by atoms with Crippen LogP contribution in [0.5, 0.6) is 11.5 Å². The molecule has 0 unspecified atom stereocenters. The van der Waals surface area contributed by atoms with E-state index in [9.17, 15) is 4.79 Å². The maximum atomic E-state index is 12.5. The van der Waals surface area contributed by atoms with Gasteiger partial charge in [-0.25, -0.2) is 0 Å². The molecule has 112 valence electrons. The number of carbonyl (C=O) groups is 1. The lowest BCUT2D eigenvalue weighted by Crippen LogP contribution is -2.28. The first-order valence-corrected chi connectivity index (χ1v) is 7.07. The Balaban J connectivity index is 3.17. The van der Waals surface area contributed by atoms with E-state index >= 15 is 0 Å². The summed E-state index contributed by atoms with van der Waals surface area (Å²) < 4.78 is 21.7. The first-order valence-electron chi connectivity index (χ1n) is 6.28. The normalized spacial score (nSPS) is 10.7. The Hall–Kier alpha value is -1.11. The summed E-state index contributed by atoms with van der Waals surface area (Å²) in [7, 11) is 3.04. The molecule has 0 bridgehead atoms. The minimum atomic E-state index is -0.931. The minimum absolute atomic E-state index is 0.283. The Labute approximate surface area is 127 Å². The van der Waals surface area contributed by atoms with Gasteiger partial charge in [0.25, 0.3) is 0 Å². The topological polar surface area (TPSA) is 54.0 Å². The molecule has 0 radical (unpaired) electrons. The van der Waals surface area contributed by atoms with Gasteiger partial charge in [-0.2, -0.15) is 0 Å². The lowest BCUT2D eigenvalue weighted by Gasteiger charge is -2.18. The van der Waals surface area contributed by atoms with Gasteiger partial charge in [0.15, 0.2) is 0 Å². The molecule has 0 aliphatic heterocycles. The Morgan fingerprint density at radius 2 is 1.75 bits per heavy atom. The second kappa shape index (κ2) is 8.24. The number of ether oxygens (including phenoxy) is 4. The second-order valence-corrected chi connectivity index (χ2v) is 4.56. The van der Waals surface area contributed by atoms with Gasteiger partial charge in [-0.15, -0.1) is 0 Å². The van der Waals surface area contributed by atoms with E-state index in [1.54, 1.807) is 33.1 Å². The third-order valence-electron chi connectivity index (χ3n) is 2.60. The van der Waals surface area contributed by atoms with Crippen LogP contribution in [-0.2, 0) is 9.47 Å². The summed E-state index contributed by atoms with van der Waals surface area (Å²) in [5.41, 5.74) is 0.382. The molecule has 0 spiro atoms. The maximum absolute atomic E-state index is 12.5. The van der Waals surface area contributed by atoms with Crippen LogP contribution in [0.25, 0.3) is 0 Å². The van der Waals surface area contributed by atoms with Crippen molar-refractivity contribution in [2.24, 2.45) is 0 Å². The molecule has 0 aliphatic rings. The molecule has 1 aromatic carbocycles. The molecule has 0 aromatic heterocycles. The van der Waals surface area contributed by atoms with E-state index in [1.807, 2.05) is 0 Å². The van der Waals surface area contributed by atoms with Gasteiger partial charge in [0.1, 0.15) is 16.0 Å². The third-order valence-corrected chi connectivity index (χ3v) is 3.35. The Bertz CT molecular complexity index is 455. The summed E-state index contributed by atoms with van der Waals surface area (Å²) in [5, 5.41) is 0. The summed E-state index contributed by atoms with van der Waals surface area (Å²) in [5.74, 6) is 0.704. The molecule has 0 saturated heterocycles. The number of benzene rings is 1. The zero-order valence-corrected chi connectivity index (χ0v) is 13.7. The van der Waals surface area contributed by atoms with E-state index in [4.69, 9.17) is 18.9 Å². The van der Waals surface area contributed by atoms with Gasteiger partial charge in [-0.05, 0) is 41.9 Å². The molecule has 0 fully saturated rings. The van der Waals surface area contributed by atoms with Crippen LogP contribution in [0.15, 0.2) is 16.6 Å². The van der Waals surface area contributed by atoms with E-state index in [0.29, 0.717) is 34.7 Å². The van der Waals surface area contributed by atoms with Crippen molar-refractivity contribution in [3.05, 3.63) is 22.2 Å². The van der Waals surface area contributed by atoms with Gasteiger partial charge in [-0.3, -0.25) is 4.79 Å². The largest absolute Gasteiger partial charge is 0.495 e. The molecule has 0 atom stereocenters. The highest BCUT2D eigenvalue weighted by Crippen LogP contribution is 2.37. The fraction of sp³-hybridized carbons (Fsp3) is 0.500. The lowest BCUT2D eigenvalue weighted by atomic mass is 10.1. The standard InChI is InChI=1S/C14H19BrO5/c1-5-19-14(20-6-2)12(16)9-7-8-10(17-3)11(15)13(9)18-4/h7-8,14H,5-6H2,1-4H3. The molecule has 6 heteroatoms. The van der Waals surface area contributed by atoms with Crippen molar-refractivity contribution < 1.29 is 23.7 Å². The molecule has 0 amide bonds. The average molecular weight is 347 g/mol. The van der Waals surface area contributed by atoms with Crippen LogP contribution in [0, 0.1) is 0 Å². The third kappa shape index (κ3) is 3.71. The summed E-state index contributed by atoms with van der Waals surface area (Å²) >= 11 is 3.36. The maximum Gasteiger partial charge on any atom is 0.222 e. The van der Waals surface area contributed by atoms with Crippen molar-refractivity contribution in [2.75, 3.05) is 27.4 Å². The Kier molecular flexibility index (Phi) is 6.98. The number of hydrogen-bond donors (Lipinski definition) is 0. The van der Waals surface area contributed by atoms with Crippen molar-refractivity contribution in [1.29, 1.82) is 0 Å². The van der Waals surface area contributed by atoms with Gasteiger partial charge >= 0.3 is 0 Å². The zero-order chi connectivity index (χ0) is 15.1. The van der Waals surface area contributed by atoms with Crippen LogP contribution in [-0.4, -0.2) is 39.5 Å². The Morgan fingerprint density at radius 1 is 1.15 bits per heavy atom. The molecule has 1 aromatic rings. The summed E-state index contributed by atoms with van der Waals surface area (Å²) in [6.45, 7) is 4.38. The van der Waals surface area contributed by atoms with E-state index in [0.717, 1.165) is 0 Å². The molecular weight excluding hydrogens is 328 g/mol. The average Bonchev–Trinajstić information content (AvgIpc) is 2.46. The van der Waals surface area contributed by atoms with E-state index in [2.05, 4.69) is 15.9 Å². The van der Waals surface area contributed by atoms with Crippen molar-refractivity contribution >= 4 is 21.7 Å². The summed E-state index contributed by atoms with van der Waals surface area (Å²) in [4.78, 5) is 12.5. The molecule has 1 rings (SSSR count). The molecule has 0 saturated carbocycles. The molecule has 5 nitrogen and oxygen atoms in total. The van der Waals surface area contributed by atoms with Gasteiger partial charge in [-0.1, -0.05) is 0 Å². The molecule has 0 aliphatic carbocycles. The number of ketones is 1. The highest BCUT2D eigenvalue weighted by molar-refractivity contribution is 9.10. The monoisotopic (exact) mass is 346 g/mol. The summed E-state index contributed by atoms with van der Waals surface area (Å²) in [6, 6.07) is 3.32. The van der Waals surface area contributed by atoms with E-state index in [-0.39, 0.29) is 5.78 Å². The van der Waals surface area contributed by atoms with Crippen LogP contribution in [0.4, 0.5) is 0 Å². The number of methoxy groups -OCH3 is 2. The van der Waals surface area contributed by atoms with E-state index in [1.165, 1.54) is 7.11 Å². The van der Waals surface area contributed by atoms with E-state index < -0.39 is 6.29 Å². The predicted octanol–water partition coefficient (Wildman–Crippen LogP) is 3.05. The number of hydrogen-bond acceptors (Lipinski definition) is 5. The highest BCUT2D eigenvalue weighted by atomic mass is 79.9. The molecule has 0 N–H and O–H groups in total.